The van der Waals surface area contributed by atoms with Crippen LogP contribution in [-0.2, 0) is 4.79 Å². The summed E-state index contributed by atoms with van der Waals surface area (Å²) in [5.74, 6) is 0. The van der Waals surface area contributed by atoms with Crippen molar-refractivity contribution in [3.05, 3.63) is 0 Å². The first-order valence-electron chi connectivity index (χ1n) is 0.494. The Labute approximate surface area is 83.2 Å². The van der Waals surface area contributed by atoms with E-state index >= 15 is 0 Å². The molecule has 0 rings (SSSR count). The zero-order valence-corrected chi connectivity index (χ0v) is 4.03. The van der Waals surface area contributed by atoms with Crippen LogP contribution in [0.3, 0.4) is 0 Å². The summed E-state index contributed by atoms with van der Waals surface area (Å²) in [7, 11) is 0. The predicted molar refractivity (Wildman–Crippen MR) is 24.4 cm³/mol. The second kappa shape index (κ2) is 17.5. The summed E-state index contributed by atoms with van der Waals surface area (Å²) in [6.07, 6.45) is 0. The van der Waals surface area contributed by atoms with E-state index in [9.17, 15) is 0 Å². The van der Waals surface area contributed by atoms with Crippen LogP contribution >= 0.6 is 0 Å². The van der Waals surface area contributed by atoms with E-state index in [-0.39, 0.29) is 74.9 Å². The minimum absolute atomic E-state index is 0. The van der Waals surface area contributed by atoms with E-state index in [1.807, 2.05) is 0 Å². The first-order chi connectivity index (χ1) is 1.41. The van der Waals surface area contributed by atoms with Crippen LogP contribution in [0.5, 0.6) is 0 Å². The molecule has 0 aliphatic heterocycles. The first-order valence-corrected chi connectivity index (χ1v) is 0.494. The van der Waals surface area contributed by atoms with Crippen LogP contribution in [0.15, 0.2) is 0 Å². The van der Waals surface area contributed by atoms with Crippen molar-refractivity contribution in [2.45, 2.75) is 0 Å². The molecule has 0 heterocycles. The van der Waals surface area contributed by atoms with Crippen molar-refractivity contribution in [2.75, 3.05) is 0 Å². The Hall–Kier alpha value is 1.63. The predicted octanol–water partition coefficient (Wildman–Crippen LogP) is -1.86. The molecule has 28 valence electrons. The Morgan fingerprint density at radius 2 is 1.60 bits per heavy atom. The van der Waals surface area contributed by atoms with Crippen molar-refractivity contribution >= 4 is 74.9 Å². The zero-order chi connectivity index (χ0) is 2.71. The summed E-state index contributed by atoms with van der Waals surface area (Å²) in [4.78, 5) is 8.36. The number of rotatable bonds is 0. The normalized spacial score (nSPS) is 2.40. The molecular formula is CH5KO2Se. The molecule has 0 spiro atoms. The SMILES string of the molecule is O=CO.[KH].[SeH2]. The third-order valence-corrected chi connectivity index (χ3v) is 0. The van der Waals surface area contributed by atoms with Gasteiger partial charge in [0.05, 0.1) is 0 Å². The summed E-state index contributed by atoms with van der Waals surface area (Å²) >= 11 is 0. The Kier molecular flexibility index (Phi) is 55.7. The first kappa shape index (κ1) is 16.0. The summed E-state index contributed by atoms with van der Waals surface area (Å²) in [5, 5.41) is 6.89. The van der Waals surface area contributed by atoms with Gasteiger partial charge in [-0.25, -0.2) is 0 Å². The third kappa shape index (κ3) is 28.0. The Bertz CT molecular complexity index is 17.1. The molecule has 0 saturated carbocycles. The average molecular weight is 167 g/mol. The molecule has 0 aliphatic carbocycles. The molecule has 0 bridgehead atoms. The van der Waals surface area contributed by atoms with Crippen molar-refractivity contribution in [1.29, 1.82) is 0 Å². The molecule has 0 atom stereocenters. The van der Waals surface area contributed by atoms with Crippen molar-refractivity contribution in [1.82, 2.24) is 0 Å². The Morgan fingerprint density at radius 1 is 1.60 bits per heavy atom. The molecule has 0 radical (unpaired) electrons. The molecular weight excluding hydrogens is 162 g/mol. The second-order valence-corrected chi connectivity index (χ2v) is 0.105. The van der Waals surface area contributed by atoms with E-state index in [0.717, 1.165) is 0 Å². The van der Waals surface area contributed by atoms with E-state index in [2.05, 4.69) is 0 Å². The quantitative estimate of drug-likeness (QED) is 0.339. The van der Waals surface area contributed by atoms with E-state index in [4.69, 9.17) is 9.90 Å². The van der Waals surface area contributed by atoms with Gasteiger partial charge in [0.25, 0.3) is 6.47 Å². The van der Waals surface area contributed by atoms with Gasteiger partial charge in [0, 0.05) is 0 Å². The number of carboxylic acid groups (broad SMARTS) is 1. The number of hydrogen-bond donors (Lipinski definition) is 1. The molecule has 0 aliphatic rings. The van der Waals surface area contributed by atoms with Crippen LogP contribution in [0, 0.1) is 0 Å². The third-order valence-electron chi connectivity index (χ3n) is 0. The van der Waals surface area contributed by atoms with Gasteiger partial charge in [-0.15, -0.1) is 0 Å². The molecule has 0 aromatic carbocycles. The second-order valence-electron chi connectivity index (χ2n) is 0.105. The molecule has 0 aromatic rings. The van der Waals surface area contributed by atoms with Gasteiger partial charge >= 0.3 is 68.5 Å². The summed E-state index contributed by atoms with van der Waals surface area (Å²) < 4.78 is 0. The number of hydrogen-bond acceptors (Lipinski definition) is 1. The van der Waals surface area contributed by atoms with Crippen molar-refractivity contribution in [3.8, 4) is 0 Å². The molecule has 2 nitrogen and oxygen atoms in total. The molecule has 0 unspecified atom stereocenters. The van der Waals surface area contributed by atoms with Crippen molar-refractivity contribution in [3.63, 3.8) is 0 Å². The Balaban J connectivity index is -0.0000000200. The van der Waals surface area contributed by atoms with E-state index in [1.54, 1.807) is 0 Å². The van der Waals surface area contributed by atoms with Gasteiger partial charge < -0.3 is 5.11 Å². The maximum absolute atomic E-state index is 8.36. The molecule has 5 heavy (non-hydrogen) atoms. The van der Waals surface area contributed by atoms with Crippen molar-refractivity contribution < 1.29 is 9.90 Å². The van der Waals surface area contributed by atoms with Crippen molar-refractivity contribution in [2.24, 2.45) is 0 Å². The fourth-order valence-corrected chi connectivity index (χ4v) is 0. The monoisotopic (exact) mass is 168 g/mol. The van der Waals surface area contributed by atoms with Gasteiger partial charge in [-0.05, 0) is 0 Å². The fraction of sp³-hybridized carbons (Fsp3) is 0. The molecule has 1 N–H and O–H groups in total. The van der Waals surface area contributed by atoms with Gasteiger partial charge in [0.2, 0.25) is 0 Å². The van der Waals surface area contributed by atoms with Gasteiger partial charge in [-0.3, -0.25) is 4.79 Å². The van der Waals surface area contributed by atoms with Crippen LogP contribution in [-0.4, -0.2) is 80.0 Å². The van der Waals surface area contributed by atoms with Gasteiger partial charge in [-0.1, -0.05) is 0 Å². The van der Waals surface area contributed by atoms with Gasteiger partial charge in [0.15, 0.2) is 0 Å². The fourth-order valence-electron chi connectivity index (χ4n) is 0. The molecule has 0 saturated heterocycles. The summed E-state index contributed by atoms with van der Waals surface area (Å²) in [5.41, 5.74) is 0. The number of carbonyl (C=O) groups is 1. The van der Waals surface area contributed by atoms with Crippen LogP contribution < -0.4 is 0 Å². The topological polar surface area (TPSA) is 37.3 Å². The van der Waals surface area contributed by atoms with Crippen LogP contribution in [0.2, 0.25) is 0 Å². The molecule has 0 amide bonds. The van der Waals surface area contributed by atoms with E-state index in [0.29, 0.717) is 0 Å². The molecule has 0 fully saturated rings. The van der Waals surface area contributed by atoms with E-state index in [1.165, 1.54) is 0 Å². The average Bonchev–Trinajstić information content (AvgIpc) is 0.918. The van der Waals surface area contributed by atoms with Crippen LogP contribution in [0.25, 0.3) is 0 Å². The summed E-state index contributed by atoms with van der Waals surface area (Å²) in [6, 6.07) is 0. The van der Waals surface area contributed by atoms with Gasteiger partial charge in [0.1, 0.15) is 0 Å². The summed E-state index contributed by atoms with van der Waals surface area (Å²) in [6.45, 7) is -0.250. The van der Waals surface area contributed by atoms with E-state index < -0.39 is 0 Å². The maximum atomic E-state index is 8.36. The van der Waals surface area contributed by atoms with Gasteiger partial charge in [-0.2, -0.15) is 0 Å². The molecule has 4 heteroatoms. The minimum atomic E-state index is -0.250. The zero-order valence-electron chi connectivity index (χ0n) is 1.93. The van der Waals surface area contributed by atoms with Crippen LogP contribution in [0.1, 0.15) is 0 Å². The van der Waals surface area contributed by atoms with Crippen LogP contribution in [0.4, 0.5) is 0 Å². The molecule has 0 aromatic heterocycles. The Morgan fingerprint density at radius 3 is 1.60 bits per heavy atom. The standard InChI is InChI=1S/CH2O2.K.H2Se.H/c2-1-3;;;/h1H,(H,2,3);;1H2;.